The summed E-state index contributed by atoms with van der Waals surface area (Å²) in [4.78, 5) is 2.74. The second-order valence-corrected chi connectivity index (χ2v) is 8.69. The molecule has 0 radical (unpaired) electrons. The second kappa shape index (κ2) is 9.43. The molecule has 1 aromatic carbocycles. The van der Waals surface area contributed by atoms with Gasteiger partial charge in [-0.2, -0.15) is 0 Å². The normalized spacial score (nSPS) is 25.5. The van der Waals surface area contributed by atoms with Gasteiger partial charge in [0, 0.05) is 23.4 Å². The number of rotatable bonds is 6. The minimum absolute atomic E-state index is 0.514. The van der Waals surface area contributed by atoms with Gasteiger partial charge >= 0.3 is 0 Å². The molecule has 0 spiro atoms. The highest BCUT2D eigenvalue weighted by Crippen LogP contribution is 2.31. The lowest BCUT2D eigenvalue weighted by Gasteiger charge is -2.41. The number of ether oxygens (including phenoxy) is 1. The minimum Gasteiger partial charge on any atom is -0.398 e. The fraction of sp³-hybridized carbons (Fsp3) is 0.727. The molecule has 0 bridgehead atoms. The molecule has 4 heteroatoms. The van der Waals surface area contributed by atoms with Crippen LogP contribution in [0.15, 0.2) is 12.1 Å². The summed E-state index contributed by atoms with van der Waals surface area (Å²) in [6.07, 6.45) is 10.4. The zero-order valence-corrected chi connectivity index (χ0v) is 17.2. The van der Waals surface area contributed by atoms with Crippen LogP contribution >= 0.6 is 11.6 Å². The molecular weight excluding hydrogens is 344 g/mol. The first-order valence-electron chi connectivity index (χ1n) is 10.5. The smallest absolute Gasteiger partial charge is 0.0576 e. The first kappa shape index (κ1) is 20.0. The van der Waals surface area contributed by atoms with Crippen molar-refractivity contribution in [3.05, 3.63) is 28.3 Å². The van der Waals surface area contributed by atoms with Crippen molar-refractivity contribution in [2.24, 2.45) is 5.92 Å². The molecule has 2 N–H and O–H groups in total. The van der Waals surface area contributed by atoms with Crippen molar-refractivity contribution in [1.82, 2.24) is 4.90 Å². The van der Waals surface area contributed by atoms with Crippen molar-refractivity contribution in [1.29, 1.82) is 0 Å². The van der Waals surface area contributed by atoms with Crippen molar-refractivity contribution in [3.63, 3.8) is 0 Å². The third kappa shape index (κ3) is 5.15. The van der Waals surface area contributed by atoms with E-state index in [1.807, 2.05) is 6.07 Å². The third-order valence-electron chi connectivity index (χ3n) is 6.30. The summed E-state index contributed by atoms with van der Waals surface area (Å²) in [6, 6.07) is 4.88. The Morgan fingerprint density at radius 1 is 1.12 bits per heavy atom. The van der Waals surface area contributed by atoms with E-state index < -0.39 is 0 Å². The summed E-state index contributed by atoms with van der Waals surface area (Å²) < 4.78 is 5.94. The zero-order valence-electron chi connectivity index (χ0n) is 16.5. The van der Waals surface area contributed by atoms with Crippen molar-refractivity contribution >= 4 is 17.3 Å². The van der Waals surface area contributed by atoms with Gasteiger partial charge in [0.05, 0.1) is 6.10 Å². The fourth-order valence-corrected chi connectivity index (χ4v) is 4.80. The first-order chi connectivity index (χ1) is 12.6. The standard InChI is InChI=1S/C22H35ClN2O/c1-3-12-26-20-6-4-19(5-7-20)25-10-8-17(9-11-25)14-18-13-16(2)21(23)15-22(18)24/h13,15,17,19-20H,3-12,14,24H2,1-2H3. The molecule has 1 aliphatic heterocycles. The van der Waals surface area contributed by atoms with E-state index >= 15 is 0 Å². The highest BCUT2D eigenvalue weighted by Gasteiger charge is 2.29. The highest BCUT2D eigenvalue weighted by atomic mass is 35.5. The van der Waals surface area contributed by atoms with Gasteiger partial charge in [-0.1, -0.05) is 24.6 Å². The molecule has 2 aliphatic rings. The molecule has 0 atom stereocenters. The van der Waals surface area contributed by atoms with Gasteiger partial charge in [0.2, 0.25) is 0 Å². The molecule has 1 aliphatic carbocycles. The number of piperidine rings is 1. The quantitative estimate of drug-likeness (QED) is 0.689. The Hall–Kier alpha value is -0.770. The van der Waals surface area contributed by atoms with Crippen LogP contribution in [0.25, 0.3) is 0 Å². The van der Waals surface area contributed by atoms with Crippen molar-refractivity contribution in [2.45, 2.75) is 77.4 Å². The summed E-state index contributed by atoms with van der Waals surface area (Å²) in [5.74, 6) is 0.748. The number of hydrogen-bond acceptors (Lipinski definition) is 3. The molecule has 1 aromatic rings. The minimum atomic E-state index is 0.514. The van der Waals surface area contributed by atoms with Crippen LogP contribution < -0.4 is 5.73 Å². The Balaban J connectivity index is 1.44. The maximum Gasteiger partial charge on any atom is 0.0576 e. The van der Waals surface area contributed by atoms with E-state index in [0.717, 1.165) is 47.7 Å². The number of aryl methyl sites for hydroxylation is 1. The molecule has 26 heavy (non-hydrogen) atoms. The van der Waals surface area contributed by atoms with Gasteiger partial charge in [0.15, 0.2) is 0 Å². The average molecular weight is 379 g/mol. The number of anilines is 1. The van der Waals surface area contributed by atoms with Gasteiger partial charge in [-0.3, -0.25) is 0 Å². The van der Waals surface area contributed by atoms with Gasteiger partial charge in [-0.25, -0.2) is 0 Å². The Morgan fingerprint density at radius 3 is 2.46 bits per heavy atom. The second-order valence-electron chi connectivity index (χ2n) is 8.28. The first-order valence-corrected chi connectivity index (χ1v) is 10.8. The summed E-state index contributed by atoms with van der Waals surface area (Å²) in [5.41, 5.74) is 9.46. The number of nitrogens with zero attached hydrogens (tertiary/aromatic N) is 1. The molecule has 1 saturated carbocycles. The molecule has 146 valence electrons. The monoisotopic (exact) mass is 378 g/mol. The van der Waals surface area contributed by atoms with E-state index in [4.69, 9.17) is 22.1 Å². The lowest BCUT2D eigenvalue weighted by molar-refractivity contribution is 0.00215. The van der Waals surface area contributed by atoms with Gasteiger partial charge in [0.1, 0.15) is 0 Å². The van der Waals surface area contributed by atoms with E-state index in [-0.39, 0.29) is 0 Å². The van der Waals surface area contributed by atoms with Crippen LogP contribution in [0.2, 0.25) is 5.02 Å². The SMILES string of the molecule is CCCOC1CCC(N2CCC(Cc3cc(C)c(Cl)cc3N)CC2)CC1. The largest absolute Gasteiger partial charge is 0.398 e. The maximum absolute atomic E-state index is 6.19. The number of benzene rings is 1. The molecule has 0 amide bonds. The molecule has 1 heterocycles. The van der Waals surface area contributed by atoms with E-state index in [1.54, 1.807) is 0 Å². The van der Waals surface area contributed by atoms with Crippen molar-refractivity contribution in [3.8, 4) is 0 Å². The van der Waals surface area contributed by atoms with Gasteiger partial charge in [-0.15, -0.1) is 0 Å². The van der Waals surface area contributed by atoms with Crippen LogP contribution in [0, 0.1) is 12.8 Å². The van der Waals surface area contributed by atoms with Gasteiger partial charge < -0.3 is 15.4 Å². The molecule has 2 fully saturated rings. The number of halogens is 1. The van der Waals surface area contributed by atoms with E-state index in [9.17, 15) is 0 Å². The lowest BCUT2D eigenvalue weighted by atomic mass is 9.86. The van der Waals surface area contributed by atoms with Crippen LogP contribution in [0.5, 0.6) is 0 Å². The maximum atomic E-state index is 6.19. The lowest BCUT2D eigenvalue weighted by Crippen LogP contribution is -2.44. The molecule has 0 unspecified atom stereocenters. The van der Waals surface area contributed by atoms with Gasteiger partial charge in [0.25, 0.3) is 0 Å². The van der Waals surface area contributed by atoms with Crippen LogP contribution in [0.4, 0.5) is 5.69 Å². The van der Waals surface area contributed by atoms with E-state index in [0.29, 0.717) is 6.10 Å². The predicted octanol–water partition coefficient (Wildman–Crippen LogP) is 5.22. The van der Waals surface area contributed by atoms with Crippen molar-refractivity contribution in [2.75, 3.05) is 25.4 Å². The highest BCUT2D eigenvalue weighted by molar-refractivity contribution is 6.31. The number of hydrogen-bond donors (Lipinski definition) is 1. The summed E-state index contributed by atoms with van der Waals surface area (Å²) >= 11 is 6.18. The van der Waals surface area contributed by atoms with Crippen molar-refractivity contribution < 1.29 is 4.74 Å². The zero-order chi connectivity index (χ0) is 18.5. The van der Waals surface area contributed by atoms with Crippen LogP contribution in [0.3, 0.4) is 0 Å². The van der Waals surface area contributed by atoms with Crippen LogP contribution in [-0.2, 0) is 11.2 Å². The topological polar surface area (TPSA) is 38.5 Å². The Kier molecular flexibility index (Phi) is 7.25. The summed E-state index contributed by atoms with van der Waals surface area (Å²) in [6.45, 7) is 7.65. The van der Waals surface area contributed by atoms with E-state index in [1.165, 1.54) is 57.2 Å². The summed E-state index contributed by atoms with van der Waals surface area (Å²) in [5, 5.41) is 0.777. The number of likely N-dealkylation sites (tertiary alicyclic amines) is 1. The number of nitrogens with two attached hydrogens (primary N) is 1. The van der Waals surface area contributed by atoms with Gasteiger partial charge in [-0.05, 0) is 94.5 Å². The Bertz CT molecular complexity index is 576. The molecule has 3 nitrogen and oxygen atoms in total. The molecule has 0 aromatic heterocycles. The number of nitrogen functional groups attached to an aromatic ring is 1. The third-order valence-corrected chi connectivity index (χ3v) is 6.70. The van der Waals surface area contributed by atoms with E-state index in [2.05, 4.69) is 24.8 Å². The van der Waals surface area contributed by atoms with Crippen LogP contribution in [0.1, 0.15) is 63.0 Å². The Morgan fingerprint density at radius 2 is 1.81 bits per heavy atom. The Labute approximate surface area is 164 Å². The molecule has 3 rings (SSSR count). The van der Waals surface area contributed by atoms with Crippen LogP contribution in [-0.4, -0.2) is 36.7 Å². The average Bonchev–Trinajstić information content (AvgIpc) is 2.65. The predicted molar refractivity (Wildman–Crippen MR) is 111 cm³/mol. The summed E-state index contributed by atoms with van der Waals surface area (Å²) in [7, 11) is 0. The fourth-order valence-electron chi connectivity index (χ4n) is 4.63. The molecule has 1 saturated heterocycles. The molecular formula is C22H35ClN2O.